The van der Waals surface area contributed by atoms with Crippen LogP contribution in [0.1, 0.15) is 52.7 Å². The van der Waals surface area contributed by atoms with Crippen molar-refractivity contribution in [3.63, 3.8) is 0 Å². The Balaban J connectivity index is 2.79. The number of rotatable bonds is 0. The number of aromatic hydroxyl groups is 2. The fourth-order valence-corrected chi connectivity index (χ4v) is 2.29. The van der Waals surface area contributed by atoms with E-state index in [1.54, 1.807) is 12.1 Å². The highest BCUT2D eigenvalue weighted by Gasteiger charge is 2.20. The van der Waals surface area contributed by atoms with Gasteiger partial charge in [-0.3, -0.25) is 0 Å². The Morgan fingerprint density at radius 2 is 0.900 bits per heavy atom. The molecule has 2 aromatic rings. The van der Waals surface area contributed by atoms with Crippen molar-refractivity contribution in [2.24, 2.45) is 0 Å². The van der Waals surface area contributed by atoms with Crippen molar-refractivity contribution >= 4 is 10.8 Å². The molecule has 2 rings (SSSR count). The molecule has 0 fully saturated rings. The third kappa shape index (κ3) is 2.60. The average Bonchev–Trinajstić information content (AvgIpc) is 2.27. The molecule has 0 aliphatic rings. The molecule has 108 valence electrons. The topological polar surface area (TPSA) is 40.5 Å². The number of phenols is 2. The van der Waals surface area contributed by atoms with Crippen LogP contribution >= 0.6 is 0 Å². The van der Waals surface area contributed by atoms with Gasteiger partial charge in [-0.2, -0.15) is 0 Å². The zero-order chi connectivity index (χ0) is 15.3. The highest BCUT2D eigenvalue weighted by molar-refractivity contribution is 5.94. The van der Waals surface area contributed by atoms with Crippen molar-refractivity contribution in [3.8, 4) is 11.5 Å². The second-order valence-electron chi connectivity index (χ2n) is 7.59. The van der Waals surface area contributed by atoms with Crippen molar-refractivity contribution in [1.82, 2.24) is 0 Å². The van der Waals surface area contributed by atoms with Crippen LogP contribution in [0.2, 0.25) is 0 Å². The predicted octanol–water partition coefficient (Wildman–Crippen LogP) is 4.85. The lowest BCUT2D eigenvalue weighted by Crippen LogP contribution is -2.12. The second kappa shape index (κ2) is 4.41. The van der Waals surface area contributed by atoms with Gasteiger partial charge in [-0.25, -0.2) is 0 Å². The first kappa shape index (κ1) is 14.7. The molecule has 0 spiro atoms. The third-order valence-electron chi connectivity index (χ3n) is 3.76. The molecule has 0 aliphatic heterocycles. The van der Waals surface area contributed by atoms with Crippen molar-refractivity contribution in [1.29, 1.82) is 0 Å². The first-order valence-corrected chi connectivity index (χ1v) is 7.01. The number of hydrogen-bond acceptors (Lipinski definition) is 2. The molecule has 2 aromatic carbocycles. The maximum atomic E-state index is 10.3. The minimum atomic E-state index is -0.0686. The molecular weight excluding hydrogens is 248 g/mol. The minimum absolute atomic E-state index is 0.0686. The molecule has 20 heavy (non-hydrogen) atoms. The summed E-state index contributed by atoms with van der Waals surface area (Å²) in [6, 6.07) is 7.54. The van der Waals surface area contributed by atoms with Gasteiger partial charge in [0.1, 0.15) is 11.5 Å². The summed E-state index contributed by atoms with van der Waals surface area (Å²) in [5.74, 6) is 0.461. The SMILES string of the molecule is CC(C)(C)c1cc(O)c2cc(C(C)(C)C)cc(O)c2c1. The Morgan fingerprint density at radius 3 is 1.15 bits per heavy atom. The van der Waals surface area contributed by atoms with Crippen LogP contribution in [0.4, 0.5) is 0 Å². The van der Waals surface area contributed by atoms with Crippen molar-refractivity contribution < 1.29 is 10.2 Å². The molecule has 2 N–H and O–H groups in total. The summed E-state index contributed by atoms with van der Waals surface area (Å²) in [7, 11) is 0. The Morgan fingerprint density at radius 1 is 0.600 bits per heavy atom. The van der Waals surface area contributed by atoms with Crippen molar-refractivity contribution in [2.45, 2.75) is 52.4 Å². The first-order chi connectivity index (χ1) is 9.00. The van der Waals surface area contributed by atoms with Crippen LogP contribution < -0.4 is 0 Å². The quantitative estimate of drug-likeness (QED) is 0.720. The number of benzene rings is 2. The Bertz CT molecular complexity index is 596. The van der Waals surface area contributed by atoms with E-state index >= 15 is 0 Å². The van der Waals surface area contributed by atoms with Gasteiger partial charge in [-0.15, -0.1) is 0 Å². The maximum absolute atomic E-state index is 10.3. The molecule has 0 aliphatic carbocycles. The second-order valence-corrected chi connectivity index (χ2v) is 7.59. The fourth-order valence-electron chi connectivity index (χ4n) is 2.29. The van der Waals surface area contributed by atoms with E-state index in [2.05, 4.69) is 41.5 Å². The zero-order valence-electron chi connectivity index (χ0n) is 13.2. The van der Waals surface area contributed by atoms with E-state index in [9.17, 15) is 10.2 Å². The molecule has 0 radical (unpaired) electrons. The van der Waals surface area contributed by atoms with E-state index in [0.29, 0.717) is 10.8 Å². The van der Waals surface area contributed by atoms with Gasteiger partial charge in [0, 0.05) is 10.8 Å². The molecule has 0 amide bonds. The largest absolute Gasteiger partial charge is 0.507 e. The normalized spacial score (nSPS) is 12.9. The highest BCUT2D eigenvalue weighted by atomic mass is 16.3. The van der Waals surface area contributed by atoms with Crippen LogP contribution in [0.5, 0.6) is 11.5 Å². The van der Waals surface area contributed by atoms with Gasteiger partial charge in [0.15, 0.2) is 0 Å². The molecule has 0 heterocycles. The molecule has 0 bridgehead atoms. The summed E-state index contributed by atoms with van der Waals surface area (Å²) in [4.78, 5) is 0. The number of fused-ring (bicyclic) bond motifs is 1. The molecule has 0 saturated heterocycles. The van der Waals surface area contributed by atoms with Crippen molar-refractivity contribution in [2.75, 3.05) is 0 Å². The molecule has 0 unspecified atom stereocenters. The van der Waals surface area contributed by atoms with Crippen molar-refractivity contribution in [3.05, 3.63) is 35.4 Å². The zero-order valence-corrected chi connectivity index (χ0v) is 13.2. The average molecular weight is 272 g/mol. The van der Waals surface area contributed by atoms with Gasteiger partial charge in [-0.1, -0.05) is 41.5 Å². The van der Waals surface area contributed by atoms with Gasteiger partial charge in [-0.05, 0) is 46.2 Å². The standard InChI is InChI=1S/C18H24O2/c1-17(2,3)11-7-13-14(15(19)9-11)8-12(10-16(13)20)18(4,5)6/h7-10,19-20H,1-6H3. The van der Waals surface area contributed by atoms with Gasteiger partial charge in [0.2, 0.25) is 0 Å². The van der Waals surface area contributed by atoms with Gasteiger partial charge < -0.3 is 10.2 Å². The van der Waals surface area contributed by atoms with Crippen LogP contribution in [0.3, 0.4) is 0 Å². The number of hydrogen-bond donors (Lipinski definition) is 2. The lowest BCUT2D eigenvalue weighted by atomic mass is 9.83. The Hall–Kier alpha value is -1.70. The summed E-state index contributed by atoms with van der Waals surface area (Å²) in [6.07, 6.45) is 0. The van der Waals surface area contributed by atoms with Crippen LogP contribution in [0, 0.1) is 0 Å². The monoisotopic (exact) mass is 272 g/mol. The third-order valence-corrected chi connectivity index (χ3v) is 3.76. The van der Waals surface area contributed by atoms with Crippen LogP contribution in [-0.4, -0.2) is 10.2 Å². The molecule has 0 aromatic heterocycles. The highest BCUT2D eigenvalue weighted by Crippen LogP contribution is 2.39. The molecule has 0 saturated carbocycles. The summed E-state index contributed by atoms with van der Waals surface area (Å²) < 4.78 is 0. The Labute approximate surface area is 121 Å². The summed E-state index contributed by atoms with van der Waals surface area (Å²) in [5.41, 5.74) is 1.89. The summed E-state index contributed by atoms with van der Waals surface area (Å²) in [6.45, 7) is 12.5. The van der Waals surface area contributed by atoms with Crippen LogP contribution in [0.25, 0.3) is 10.8 Å². The number of phenolic OH excluding ortho intramolecular Hbond substituents is 2. The molecule has 0 atom stereocenters. The van der Waals surface area contributed by atoms with Gasteiger partial charge in [0.05, 0.1) is 0 Å². The Kier molecular flexibility index (Phi) is 3.24. The molecule has 2 nitrogen and oxygen atoms in total. The lowest BCUT2D eigenvalue weighted by molar-refractivity contribution is 0.470. The molecule has 2 heteroatoms. The maximum Gasteiger partial charge on any atom is 0.123 e. The lowest BCUT2D eigenvalue weighted by Gasteiger charge is -2.23. The van der Waals surface area contributed by atoms with E-state index in [1.807, 2.05) is 12.1 Å². The van der Waals surface area contributed by atoms with E-state index in [1.165, 1.54) is 0 Å². The fraction of sp³-hybridized carbons (Fsp3) is 0.444. The molecular formula is C18H24O2. The van der Waals surface area contributed by atoms with Crippen LogP contribution in [0.15, 0.2) is 24.3 Å². The van der Waals surface area contributed by atoms with Gasteiger partial charge >= 0.3 is 0 Å². The summed E-state index contributed by atoms with van der Waals surface area (Å²) >= 11 is 0. The van der Waals surface area contributed by atoms with E-state index < -0.39 is 0 Å². The van der Waals surface area contributed by atoms with E-state index in [4.69, 9.17) is 0 Å². The smallest absolute Gasteiger partial charge is 0.123 e. The first-order valence-electron chi connectivity index (χ1n) is 7.01. The predicted molar refractivity (Wildman–Crippen MR) is 84.7 cm³/mol. The van der Waals surface area contributed by atoms with E-state index in [0.717, 1.165) is 11.1 Å². The summed E-state index contributed by atoms with van der Waals surface area (Å²) in [5, 5.41) is 22.1. The van der Waals surface area contributed by atoms with E-state index in [-0.39, 0.29) is 22.3 Å². The minimum Gasteiger partial charge on any atom is -0.507 e. The van der Waals surface area contributed by atoms with Crippen LogP contribution in [-0.2, 0) is 10.8 Å². The van der Waals surface area contributed by atoms with Gasteiger partial charge in [0.25, 0.3) is 0 Å².